The van der Waals surface area contributed by atoms with Gasteiger partial charge in [-0.2, -0.15) is 0 Å². The van der Waals surface area contributed by atoms with E-state index in [1.807, 2.05) is 24.3 Å². The normalized spacial score (nSPS) is 14.0. The Bertz CT molecular complexity index is 1730. The van der Waals surface area contributed by atoms with Crippen LogP contribution in [0.5, 0.6) is 0 Å². The highest BCUT2D eigenvalue weighted by Gasteiger charge is 2.29. The summed E-state index contributed by atoms with van der Waals surface area (Å²) in [5.74, 6) is 0. The van der Waals surface area contributed by atoms with E-state index < -0.39 is 0 Å². The quantitative estimate of drug-likeness (QED) is 0.166. The topological polar surface area (TPSA) is 6.48 Å². The zero-order chi connectivity index (χ0) is 30.6. The predicted octanol–water partition coefficient (Wildman–Crippen LogP) is 11.3. The fourth-order valence-corrected chi connectivity index (χ4v) is 6.46. The molecule has 6 aromatic rings. The lowest BCUT2D eigenvalue weighted by molar-refractivity contribution is 0.207. The summed E-state index contributed by atoms with van der Waals surface area (Å²) in [6, 6.07) is 55.5. The second-order valence-corrected chi connectivity index (χ2v) is 12.2. The number of hydrogen-bond donors (Lipinski definition) is 0. The first-order valence-electron chi connectivity index (χ1n) is 15.1. The van der Waals surface area contributed by atoms with Gasteiger partial charge in [0.2, 0.25) is 0 Å². The van der Waals surface area contributed by atoms with Crippen LogP contribution in [0.4, 0.5) is 0 Å². The Morgan fingerprint density at radius 3 is 0.978 bits per heavy atom. The zero-order valence-corrected chi connectivity index (χ0v) is 26.2. The number of benzene rings is 6. The molecule has 0 aliphatic carbocycles. The molecule has 1 aliphatic rings. The van der Waals surface area contributed by atoms with Crippen molar-refractivity contribution >= 4 is 23.2 Å². The maximum Gasteiger partial charge on any atom is 0.0911 e. The van der Waals surface area contributed by atoms with E-state index in [9.17, 15) is 0 Å². The molecular formula is C41H32Cl2N2. The summed E-state index contributed by atoms with van der Waals surface area (Å²) in [4.78, 5) is 4.87. The summed E-state index contributed by atoms with van der Waals surface area (Å²) in [5.41, 5.74) is 9.66. The van der Waals surface area contributed by atoms with E-state index in [2.05, 4.69) is 156 Å². The highest BCUT2D eigenvalue weighted by Crippen LogP contribution is 2.38. The van der Waals surface area contributed by atoms with E-state index >= 15 is 0 Å². The van der Waals surface area contributed by atoms with Crippen molar-refractivity contribution in [1.29, 1.82) is 0 Å². The largest absolute Gasteiger partial charge is 0.348 e. The molecule has 7 rings (SSSR count). The first-order chi connectivity index (χ1) is 22.1. The Morgan fingerprint density at radius 2 is 0.644 bits per heavy atom. The fourth-order valence-electron chi connectivity index (χ4n) is 6.21. The van der Waals surface area contributed by atoms with Gasteiger partial charge in [-0.25, -0.2) is 0 Å². The van der Waals surface area contributed by atoms with Crippen molar-refractivity contribution in [1.82, 2.24) is 9.80 Å². The van der Waals surface area contributed by atoms with Crippen molar-refractivity contribution in [2.24, 2.45) is 0 Å². The van der Waals surface area contributed by atoms with Crippen LogP contribution in [0.1, 0.15) is 34.3 Å². The molecule has 2 unspecified atom stereocenters. The Labute approximate surface area is 275 Å². The van der Waals surface area contributed by atoms with Crippen LogP contribution < -0.4 is 0 Å². The lowest BCUT2D eigenvalue weighted by Crippen LogP contribution is -2.32. The molecule has 2 atom stereocenters. The minimum atomic E-state index is 0.0652. The molecule has 0 N–H and O–H groups in total. The minimum absolute atomic E-state index is 0.0652. The van der Waals surface area contributed by atoms with Crippen LogP contribution in [0.3, 0.4) is 0 Å². The van der Waals surface area contributed by atoms with Crippen LogP contribution in [-0.4, -0.2) is 16.5 Å². The van der Waals surface area contributed by atoms with Gasteiger partial charge in [0.05, 0.1) is 18.8 Å². The molecule has 220 valence electrons. The van der Waals surface area contributed by atoms with Crippen LogP contribution in [0.2, 0.25) is 10.0 Å². The van der Waals surface area contributed by atoms with Gasteiger partial charge in [-0.15, -0.1) is 0 Å². The molecule has 1 aliphatic heterocycles. The van der Waals surface area contributed by atoms with Crippen molar-refractivity contribution < 1.29 is 0 Å². The van der Waals surface area contributed by atoms with Crippen molar-refractivity contribution in [3.63, 3.8) is 0 Å². The van der Waals surface area contributed by atoms with Crippen LogP contribution in [0.15, 0.2) is 170 Å². The summed E-state index contributed by atoms with van der Waals surface area (Å²) in [5, 5.41) is 1.49. The molecule has 0 bridgehead atoms. The fraction of sp³-hybridized carbons (Fsp3) is 0.0732. The highest BCUT2D eigenvalue weighted by atomic mass is 35.5. The number of hydrogen-bond acceptors (Lipinski definition) is 2. The zero-order valence-electron chi connectivity index (χ0n) is 24.7. The average Bonchev–Trinajstić information content (AvgIpc) is 3.56. The summed E-state index contributed by atoms with van der Waals surface area (Å²) in [6.45, 7) is 0.747. The SMILES string of the molecule is Clc1ccc(-c2ccc(C(c3ccccc3)N3C=CN(C(c4ccccc4)c4ccc(-c5ccc(Cl)cc5)cc4)C3)cc2)cc1. The van der Waals surface area contributed by atoms with Gasteiger partial charge in [0, 0.05) is 22.4 Å². The number of rotatable bonds is 8. The van der Waals surface area contributed by atoms with Gasteiger partial charge in [0.15, 0.2) is 0 Å². The Balaban J connectivity index is 1.19. The molecule has 0 aromatic heterocycles. The van der Waals surface area contributed by atoms with E-state index in [-0.39, 0.29) is 12.1 Å². The Hall–Kier alpha value is -4.76. The smallest absolute Gasteiger partial charge is 0.0911 e. The molecular weight excluding hydrogens is 591 g/mol. The monoisotopic (exact) mass is 622 g/mol. The summed E-state index contributed by atoms with van der Waals surface area (Å²) in [6.07, 6.45) is 4.48. The van der Waals surface area contributed by atoms with Gasteiger partial charge in [-0.1, -0.05) is 157 Å². The molecule has 4 heteroatoms. The second kappa shape index (κ2) is 13.1. The third-order valence-corrected chi connectivity index (χ3v) is 8.98. The van der Waals surface area contributed by atoms with Crippen molar-refractivity contribution in [2.45, 2.75) is 12.1 Å². The first-order valence-corrected chi connectivity index (χ1v) is 15.9. The van der Waals surface area contributed by atoms with Crippen LogP contribution in [0.25, 0.3) is 22.3 Å². The molecule has 6 aromatic carbocycles. The first kappa shape index (κ1) is 29.0. The predicted molar refractivity (Wildman–Crippen MR) is 188 cm³/mol. The molecule has 0 saturated carbocycles. The standard InChI is InChI=1S/C41H32Cl2N2/c42-38-23-19-32(20-24-38)30-11-15-36(16-12-30)40(34-7-3-1-4-8-34)44-27-28-45(29-44)41(35-9-5-2-6-10-35)37-17-13-31(14-18-37)33-21-25-39(43)26-22-33/h1-28,40-41H,29H2. The van der Waals surface area contributed by atoms with E-state index in [1.54, 1.807) is 0 Å². The van der Waals surface area contributed by atoms with E-state index in [4.69, 9.17) is 23.2 Å². The van der Waals surface area contributed by atoms with Crippen molar-refractivity contribution in [3.05, 3.63) is 202 Å². The van der Waals surface area contributed by atoms with Crippen LogP contribution in [-0.2, 0) is 0 Å². The van der Waals surface area contributed by atoms with Gasteiger partial charge in [0.25, 0.3) is 0 Å². The molecule has 0 fully saturated rings. The lowest BCUT2D eigenvalue weighted by Gasteiger charge is -2.34. The third kappa shape index (κ3) is 6.40. The van der Waals surface area contributed by atoms with Gasteiger partial charge >= 0.3 is 0 Å². The van der Waals surface area contributed by atoms with Gasteiger partial charge in [-0.05, 0) is 68.8 Å². The summed E-state index contributed by atoms with van der Waals surface area (Å²) >= 11 is 12.3. The molecule has 45 heavy (non-hydrogen) atoms. The molecule has 0 spiro atoms. The van der Waals surface area contributed by atoms with Crippen molar-refractivity contribution in [2.75, 3.05) is 6.67 Å². The van der Waals surface area contributed by atoms with Crippen molar-refractivity contribution in [3.8, 4) is 22.3 Å². The van der Waals surface area contributed by atoms with E-state index in [1.165, 1.54) is 33.4 Å². The van der Waals surface area contributed by atoms with E-state index in [0.29, 0.717) is 0 Å². The molecule has 2 nitrogen and oxygen atoms in total. The van der Waals surface area contributed by atoms with Crippen LogP contribution in [0, 0.1) is 0 Å². The second-order valence-electron chi connectivity index (χ2n) is 11.4. The molecule has 0 amide bonds. The highest BCUT2D eigenvalue weighted by molar-refractivity contribution is 6.30. The van der Waals surface area contributed by atoms with Gasteiger partial charge in [0.1, 0.15) is 0 Å². The number of halogens is 2. The maximum absolute atomic E-state index is 6.14. The maximum atomic E-state index is 6.14. The lowest BCUT2D eigenvalue weighted by atomic mass is 9.94. The van der Waals surface area contributed by atoms with Crippen LogP contribution >= 0.6 is 23.2 Å². The Kier molecular flexibility index (Phi) is 8.42. The van der Waals surface area contributed by atoms with Gasteiger partial charge in [-0.3, -0.25) is 0 Å². The third-order valence-electron chi connectivity index (χ3n) is 8.48. The summed E-state index contributed by atoms with van der Waals surface area (Å²) in [7, 11) is 0. The summed E-state index contributed by atoms with van der Waals surface area (Å²) < 4.78 is 0. The molecule has 0 saturated heterocycles. The number of nitrogens with zero attached hydrogens (tertiary/aromatic N) is 2. The van der Waals surface area contributed by atoms with E-state index in [0.717, 1.165) is 27.8 Å². The molecule has 1 heterocycles. The average molecular weight is 624 g/mol. The minimum Gasteiger partial charge on any atom is -0.348 e. The molecule has 0 radical (unpaired) electrons. The van der Waals surface area contributed by atoms with Gasteiger partial charge < -0.3 is 9.80 Å². The Morgan fingerprint density at radius 1 is 0.356 bits per heavy atom.